The third-order valence-corrected chi connectivity index (χ3v) is 2.76. The van der Waals surface area contributed by atoms with Gasteiger partial charge in [0, 0.05) is 12.1 Å². The summed E-state index contributed by atoms with van der Waals surface area (Å²) < 4.78 is 1.41. The minimum absolute atomic E-state index is 0.0113. The SMILES string of the molecule is CC(C)C(=O)Cn1cc(Br)c(=O)c([N+](=O)[O-])c1. The van der Waals surface area contributed by atoms with Crippen LogP contribution in [0.15, 0.2) is 21.7 Å². The molecule has 0 aromatic carbocycles. The van der Waals surface area contributed by atoms with E-state index in [1.165, 1.54) is 10.8 Å². The summed E-state index contributed by atoms with van der Waals surface area (Å²) in [5.41, 5.74) is -1.24. The lowest BCUT2D eigenvalue weighted by atomic mass is 10.1. The summed E-state index contributed by atoms with van der Waals surface area (Å²) in [5.74, 6) is -0.220. The highest BCUT2D eigenvalue weighted by atomic mass is 79.9. The first kappa shape index (κ1) is 13.6. The highest BCUT2D eigenvalue weighted by Gasteiger charge is 2.17. The fourth-order valence-corrected chi connectivity index (χ4v) is 1.63. The third-order valence-electron chi connectivity index (χ3n) is 2.20. The van der Waals surface area contributed by atoms with Gasteiger partial charge in [-0.15, -0.1) is 0 Å². The van der Waals surface area contributed by atoms with Crippen LogP contribution in [0.1, 0.15) is 13.8 Å². The Balaban J connectivity index is 3.16. The second kappa shape index (κ2) is 5.22. The molecule has 0 fully saturated rings. The standard InChI is InChI=1S/C10H11BrN2O4/c1-6(2)9(14)5-12-3-7(11)10(15)8(4-12)13(16)17/h3-4,6H,5H2,1-2H3. The zero-order chi connectivity index (χ0) is 13.2. The quantitative estimate of drug-likeness (QED) is 0.626. The molecule has 0 amide bonds. The number of Topliss-reactive ketones (excluding diaryl/α,β-unsaturated/α-hetero) is 1. The van der Waals surface area contributed by atoms with E-state index in [0.717, 1.165) is 6.20 Å². The van der Waals surface area contributed by atoms with Crippen molar-refractivity contribution in [2.24, 2.45) is 5.92 Å². The number of nitro groups is 1. The van der Waals surface area contributed by atoms with Gasteiger partial charge in [0.25, 0.3) is 5.43 Å². The molecule has 0 radical (unpaired) electrons. The lowest BCUT2D eigenvalue weighted by Crippen LogP contribution is -2.19. The molecular weight excluding hydrogens is 292 g/mol. The molecule has 0 saturated heterocycles. The molecule has 0 aliphatic carbocycles. The van der Waals surface area contributed by atoms with Gasteiger partial charge in [-0.25, -0.2) is 0 Å². The van der Waals surface area contributed by atoms with Gasteiger partial charge >= 0.3 is 5.69 Å². The molecule has 6 nitrogen and oxygen atoms in total. The Morgan fingerprint density at radius 3 is 2.59 bits per heavy atom. The van der Waals surface area contributed by atoms with E-state index in [4.69, 9.17) is 0 Å². The molecule has 1 aromatic heterocycles. The Morgan fingerprint density at radius 2 is 2.12 bits per heavy atom. The van der Waals surface area contributed by atoms with Gasteiger partial charge in [-0.2, -0.15) is 0 Å². The van der Waals surface area contributed by atoms with Crippen molar-refractivity contribution in [3.05, 3.63) is 37.2 Å². The molecular formula is C10H11BrN2O4. The van der Waals surface area contributed by atoms with Crippen LogP contribution in [0.2, 0.25) is 0 Å². The Morgan fingerprint density at radius 1 is 1.53 bits per heavy atom. The molecule has 0 bridgehead atoms. The van der Waals surface area contributed by atoms with Crippen LogP contribution in [-0.4, -0.2) is 15.3 Å². The molecule has 17 heavy (non-hydrogen) atoms. The maximum Gasteiger partial charge on any atom is 0.333 e. The van der Waals surface area contributed by atoms with Gasteiger partial charge in [-0.1, -0.05) is 13.8 Å². The number of aromatic nitrogens is 1. The number of pyridine rings is 1. The molecule has 0 aliphatic rings. The second-order valence-corrected chi connectivity index (χ2v) is 4.73. The van der Waals surface area contributed by atoms with Crippen molar-refractivity contribution in [2.75, 3.05) is 0 Å². The first-order valence-corrected chi connectivity index (χ1v) is 5.69. The van der Waals surface area contributed by atoms with Crippen LogP contribution in [-0.2, 0) is 11.3 Å². The van der Waals surface area contributed by atoms with E-state index in [2.05, 4.69) is 15.9 Å². The number of carbonyl (C=O) groups excluding carboxylic acids is 1. The molecule has 0 atom stereocenters. The zero-order valence-electron chi connectivity index (χ0n) is 9.34. The summed E-state index contributed by atoms with van der Waals surface area (Å²) in [6.07, 6.45) is 2.45. The van der Waals surface area contributed by atoms with E-state index < -0.39 is 16.0 Å². The average molecular weight is 303 g/mol. The first-order valence-electron chi connectivity index (χ1n) is 4.89. The molecule has 0 spiro atoms. The van der Waals surface area contributed by atoms with E-state index >= 15 is 0 Å². The van der Waals surface area contributed by atoms with E-state index in [1.807, 2.05) is 0 Å². The maximum absolute atomic E-state index is 11.5. The van der Waals surface area contributed by atoms with Crippen LogP contribution < -0.4 is 5.43 Å². The zero-order valence-corrected chi connectivity index (χ0v) is 10.9. The Kier molecular flexibility index (Phi) is 4.17. The van der Waals surface area contributed by atoms with E-state index in [0.29, 0.717) is 0 Å². The average Bonchev–Trinajstić information content (AvgIpc) is 2.22. The Labute approximate surface area is 106 Å². The molecule has 1 heterocycles. The van der Waals surface area contributed by atoms with Crippen molar-refractivity contribution < 1.29 is 9.72 Å². The minimum atomic E-state index is -0.760. The van der Waals surface area contributed by atoms with Crippen LogP contribution in [0.5, 0.6) is 0 Å². The number of nitrogens with zero attached hydrogens (tertiary/aromatic N) is 2. The number of ketones is 1. The van der Waals surface area contributed by atoms with Crippen molar-refractivity contribution in [2.45, 2.75) is 20.4 Å². The van der Waals surface area contributed by atoms with Crippen molar-refractivity contribution in [1.29, 1.82) is 0 Å². The summed E-state index contributed by atoms with van der Waals surface area (Å²) in [4.78, 5) is 32.8. The Bertz CT molecular complexity index is 522. The van der Waals surface area contributed by atoms with Crippen LogP contribution in [0.3, 0.4) is 0 Å². The number of hydrogen-bond donors (Lipinski definition) is 0. The molecule has 1 rings (SSSR count). The van der Waals surface area contributed by atoms with Gasteiger partial charge in [0.2, 0.25) is 0 Å². The first-order chi connectivity index (χ1) is 7.82. The monoisotopic (exact) mass is 302 g/mol. The lowest BCUT2D eigenvalue weighted by Gasteiger charge is -2.08. The largest absolute Gasteiger partial charge is 0.339 e. The highest BCUT2D eigenvalue weighted by molar-refractivity contribution is 9.10. The molecule has 0 N–H and O–H groups in total. The number of carbonyl (C=O) groups is 1. The summed E-state index contributed by atoms with van der Waals surface area (Å²) in [7, 11) is 0. The Hall–Kier alpha value is -1.50. The van der Waals surface area contributed by atoms with Crippen LogP contribution >= 0.6 is 15.9 Å². The lowest BCUT2D eigenvalue weighted by molar-refractivity contribution is -0.386. The number of halogens is 1. The van der Waals surface area contributed by atoms with Crippen molar-refractivity contribution in [3.8, 4) is 0 Å². The number of hydrogen-bond acceptors (Lipinski definition) is 4. The van der Waals surface area contributed by atoms with Gasteiger partial charge in [-0.05, 0) is 15.9 Å². The van der Waals surface area contributed by atoms with Crippen LogP contribution in [0, 0.1) is 16.0 Å². The molecule has 0 aliphatic heterocycles. The third kappa shape index (κ3) is 3.23. The van der Waals surface area contributed by atoms with Crippen molar-refractivity contribution in [3.63, 3.8) is 0 Å². The van der Waals surface area contributed by atoms with Crippen molar-refractivity contribution in [1.82, 2.24) is 4.57 Å². The van der Waals surface area contributed by atoms with E-state index in [-0.39, 0.29) is 22.7 Å². The maximum atomic E-state index is 11.5. The molecule has 92 valence electrons. The second-order valence-electron chi connectivity index (χ2n) is 3.87. The molecule has 7 heteroatoms. The number of rotatable bonds is 4. The van der Waals surface area contributed by atoms with Crippen molar-refractivity contribution >= 4 is 27.4 Å². The van der Waals surface area contributed by atoms with Gasteiger partial charge in [0.1, 0.15) is 0 Å². The predicted molar refractivity (Wildman–Crippen MR) is 64.9 cm³/mol. The smallest absolute Gasteiger partial charge is 0.333 e. The van der Waals surface area contributed by atoms with E-state index in [1.54, 1.807) is 13.8 Å². The van der Waals surface area contributed by atoms with E-state index in [9.17, 15) is 19.7 Å². The summed E-state index contributed by atoms with van der Waals surface area (Å²) in [6.45, 7) is 3.50. The van der Waals surface area contributed by atoms with Gasteiger partial charge in [0.15, 0.2) is 5.78 Å². The fourth-order valence-electron chi connectivity index (χ4n) is 1.16. The summed E-state index contributed by atoms with van der Waals surface area (Å²) in [6, 6.07) is 0. The highest BCUT2D eigenvalue weighted by Crippen LogP contribution is 2.11. The van der Waals surface area contributed by atoms with Gasteiger partial charge in [-0.3, -0.25) is 19.7 Å². The minimum Gasteiger partial charge on any atom is -0.339 e. The summed E-state index contributed by atoms with van der Waals surface area (Å²) in [5, 5.41) is 10.6. The summed E-state index contributed by atoms with van der Waals surface area (Å²) >= 11 is 2.94. The molecule has 0 saturated carbocycles. The fraction of sp³-hybridized carbons (Fsp3) is 0.400. The van der Waals surface area contributed by atoms with Gasteiger partial charge < -0.3 is 4.57 Å². The van der Waals surface area contributed by atoms with Crippen LogP contribution in [0.4, 0.5) is 5.69 Å². The molecule has 1 aromatic rings. The predicted octanol–water partition coefficient (Wildman–Crippen LogP) is 1.74. The topological polar surface area (TPSA) is 82.2 Å². The molecule has 0 unspecified atom stereocenters. The van der Waals surface area contributed by atoms with Crippen LogP contribution in [0.25, 0.3) is 0 Å². The normalized spacial score (nSPS) is 10.6. The van der Waals surface area contributed by atoms with Gasteiger partial charge in [0.05, 0.1) is 22.1 Å².